The van der Waals surface area contributed by atoms with E-state index in [4.69, 9.17) is 10.2 Å². The van der Waals surface area contributed by atoms with Crippen LogP contribution >= 0.6 is 0 Å². The Labute approximate surface area is 117 Å². The van der Waals surface area contributed by atoms with Gasteiger partial charge in [-0.15, -0.1) is 0 Å². The molecule has 0 aliphatic rings. The largest absolute Gasteiger partial charge is 0.467 e. The number of anilines is 2. The van der Waals surface area contributed by atoms with E-state index in [1.807, 2.05) is 41.3 Å². The zero-order valence-electron chi connectivity index (χ0n) is 11.3. The van der Waals surface area contributed by atoms with Gasteiger partial charge in [-0.05, 0) is 31.2 Å². The van der Waals surface area contributed by atoms with E-state index >= 15 is 0 Å². The summed E-state index contributed by atoms with van der Waals surface area (Å²) in [6.45, 7) is 3.46. The third-order valence-corrected chi connectivity index (χ3v) is 3.19. The average molecular weight is 268 g/mol. The molecule has 0 unspecified atom stereocenters. The number of nitrogen functional groups attached to an aromatic ring is 1. The van der Waals surface area contributed by atoms with Gasteiger partial charge in [-0.25, -0.2) is 9.97 Å². The summed E-state index contributed by atoms with van der Waals surface area (Å²) in [4.78, 5) is 11.1. The minimum Gasteiger partial charge on any atom is -0.467 e. The van der Waals surface area contributed by atoms with Crippen molar-refractivity contribution in [3.63, 3.8) is 0 Å². The molecule has 0 amide bonds. The Morgan fingerprint density at radius 1 is 1.10 bits per heavy atom. The predicted molar refractivity (Wildman–Crippen MR) is 79.4 cm³/mol. The first-order valence-electron chi connectivity index (χ1n) is 6.57. The molecule has 3 aromatic rings. The minimum atomic E-state index is 0.442. The molecule has 3 rings (SSSR count). The lowest BCUT2D eigenvalue weighted by Crippen LogP contribution is -2.24. The highest BCUT2D eigenvalue weighted by Crippen LogP contribution is 2.23. The second-order valence-electron chi connectivity index (χ2n) is 4.51. The molecule has 0 radical (unpaired) electrons. The van der Waals surface area contributed by atoms with Crippen LogP contribution in [0.4, 0.5) is 11.6 Å². The quantitative estimate of drug-likeness (QED) is 0.788. The summed E-state index contributed by atoms with van der Waals surface area (Å²) in [6, 6.07) is 11.5. The monoisotopic (exact) mass is 268 g/mol. The molecule has 0 atom stereocenters. The maximum absolute atomic E-state index is 6.05. The number of benzene rings is 1. The van der Waals surface area contributed by atoms with E-state index in [-0.39, 0.29) is 0 Å². The van der Waals surface area contributed by atoms with Gasteiger partial charge in [-0.1, -0.05) is 12.1 Å². The lowest BCUT2D eigenvalue weighted by molar-refractivity contribution is 0.503. The number of nitrogens with zero attached hydrogens (tertiary/aromatic N) is 3. The van der Waals surface area contributed by atoms with Crippen molar-refractivity contribution in [1.82, 2.24) is 9.97 Å². The number of rotatable bonds is 4. The number of nitrogens with two attached hydrogens (primary N) is 1. The third kappa shape index (κ3) is 2.30. The van der Waals surface area contributed by atoms with Crippen molar-refractivity contribution in [3.05, 3.63) is 48.4 Å². The third-order valence-electron chi connectivity index (χ3n) is 3.19. The molecule has 5 heteroatoms. The zero-order valence-corrected chi connectivity index (χ0v) is 11.3. The van der Waals surface area contributed by atoms with Gasteiger partial charge in [0.1, 0.15) is 5.76 Å². The second-order valence-corrected chi connectivity index (χ2v) is 4.51. The molecule has 0 aliphatic heterocycles. The Morgan fingerprint density at radius 2 is 1.85 bits per heavy atom. The van der Waals surface area contributed by atoms with Crippen molar-refractivity contribution >= 4 is 22.7 Å². The van der Waals surface area contributed by atoms with E-state index in [2.05, 4.69) is 16.9 Å². The molecular weight excluding hydrogens is 252 g/mol. The highest BCUT2D eigenvalue weighted by molar-refractivity contribution is 5.79. The molecule has 0 spiro atoms. The van der Waals surface area contributed by atoms with Gasteiger partial charge in [0.25, 0.3) is 0 Å². The molecule has 0 saturated carbocycles. The van der Waals surface area contributed by atoms with E-state index in [0.717, 1.165) is 23.3 Å². The summed E-state index contributed by atoms with van der Waals surface area (Å²) in [7, 11) is 0. The maximum Gasteiger partial charge on any atom is 0.172 e. The predicted octanol–water partition coefficient (Wildman–Crippen LogP) is 2.83. The molecule has 1 aromatic carbocycles. The molecule has 2 N–H and O–H groups in total. The van der Waals surface area contributed by atoms with Crippen molar-refractivity contribution in [1.29, 1.82) is 0 Å². The molecule has 102 valence electrons. The van der Waals surface area contributed by atoms with Crippen molar-refractivity contribution in [3.8, 4) is 0 Å². The van der Waals surface area contributed by atoms with Gasteiger partial charge in [0.15, 0.2) is 11.6 Å². The summed E-state index contributed by atoms with van der Waals surface area (Å²) >= 11 is 0. The summed E-state index contributed by atoms with van der Waals surface area (Å²) < 4.78 is 5.38. The first-order valence-corrected chi connectivity index (χ1v) is 6.57. The Balaban J connectivity index is 2.00. The Kier molecular flexibility index (Phi) is 3.25. The summed E-state index contributed by atoms with van der Waals surface area (Å²) in [5.41, 5.74) is 7.70. The summed E-state index contributed by atoms with van der Waals surface area (Å²) in [6.07, 6.45) is 1.67. The van der Waals surface area contributed by atoms with Crippen LogP contribution in [-0.4, -0.2) is 16.5 Å². The number of aromatic nitrogens is 2. The fourth-order valence-electron chi connectivity index (χ4n) is 2.16. The minimum absolute atomic E-state index is 0.442. The molecule has 20 heavy (non-hydrogen) atoms. The highest BCUT2D eigenvalue weighted by Gasteiger charge is 2.14. The van der Waals surface area contributed by atoms with Crippen molar-refractivity contribution in [2.75, 3.05) is 17.2 Å². The van der Waals surface area contributed by atoms with Gasteiger partial charge in [0, 0.05) is 6.54 Å². The SMILES string of the molecule is CCN(Cc1ccco1)c1nc2ccccc2nc1N. The van der Waals surface area contributed by atoms with Crippen LogP contribution in [0.25, 0.3) is 11.0 Å². The zero-order chi connectivity index (χ0) is 13.9. The molecule has 2 heterocycles. The standard InChI is InChI=1S/C15H16N4O/c1-2-19(10-11-6-5-9-20-11)15-14(16)17-12-7-3-4-8-13(12)18-15/h3-9H,2,10H2,1H3,(H2,16,17). The van der Waals surface area contributed by atoms with Crippen LogP contribution in [-0.2, 0) is 6.54 Å². The van der Waals surface area contributed by atoms with Crippen LogP contribution in [0.1, 0.15) is 12.7 Å². The van der Waals surface area contributed by atoms with E-state index < -0.39 is 0 Å². The Bertz CT molecular complexity index is 709. The van der Waals surface area contributed by atoms with Crippen molar-refractivity contribution in [2.45, 2.75) is 13.5 Å². The molecule has 5 nitrogen and oxygen atoms in total. The van der Waals surface area contributed by atoms with Crippen LogP contribution in [0.5, 0.6) is 0 Å². The Morgan fingerprint density at radius 3 is 2.50 bits per heavy atom. The van der Waals surface area contributed by atoms with E-state index in [1.165, 1.54) is 0 Å². The van der Waals surface area contributed by atoms with E-state index in [9.17, 15) is 0 Å². The van der Waals surface area contributed by atoms with Gasteiger partial charge >= 0.3 is 0 Å². The van der Waals surface area contributed by atoms with Gasteiger partial charge < -0.3 is 15.1 Å². The highest BCUT2D eigenvalue weighted by atomic mass is 16.3. The van der Waals surface area contributed by atoms with Crippen molar-refractivity contribution in [2.24, 2.45) is 0 Å². The number of fused-ring (bicyclic) bond motifs is 1. The summed E-state index contributed by atoms with van der Waals surface area (Å²) in [5, 5.41) is 0. The Hall–Kier alpha value is -2.56. The first kappa shape index (κ1) is 12.5. The van der Waals surface area contributed by atoms with Crippen LogP contribution in [0.2, 0.25) is 0 Å². The smallest absolute Gasteiger partial charge is 0.172 e. The molecule has 0 bridgehead atoms. The van der Waals surface area contributed by atoms with Crippen LogP contribution in [0, 0.1) is 0 Å². The van der Waals surface area contributed by atoms with Crippen molar-refractivity contribution < 1.29 is 4.42 Å². The maximum atomic E-state index is 6.05. The number of furan rings is 1. The lowest BCUT2D eigenvalue weighted by Gasteiger charge is -2.22. The number of hydrogen-bond acceptors (Lipinski definition) is 5. The molecular formula is C15H16N4O. The van der Waals surface area contributed by atoms with E-state index in [0.29, 0.717) is 18.2 Å². The lowest BCUT2D eigenvalue weighted by atomic mass is 10.3. The fourth-order valence-corrected chi connectivity index (χ4v) is 2.16. The van der Waals surface area contributed by atoms with Crippen LogP contribution < -0.4 is 10.6 Å². The average Bonchev–Trinajstić information content (AvgIpc) is 2.97. The van der Waals surface area contributed by atoms with Gasteiger partial charge in [0.2, 0.25) is 0 Å². The number of para-hydroxylation sites is 2. The van der Waals surface area contributed by atoms with Crippen LogP contribution in [0.15, 0.2) is 47.1 Å². The van der Waals surface area contributed by atoms with Crippen LogP contribution in [0.3, 0.4) is 0 Å². The van der Waals surface area contributed by atoms with E-state index in [1.54, 1.807) is 6.26 Å². The van der Waals surface area contributed by atoms with Gasteiger partial charge in [-0.3, -0.25) is 0 Å². The second kappa shape index (κ2) is 5.21. The molecule has 2 aromatic heterocycles. The molecule has 0 fully saturated rings. The number of hydrogen-bond donors (Lipinski definition) is 1. The first-order chi connectivity index (χ1) is 9.78. The summed E-state index contributed by atoms with van der Waals surface area (Å²) in [5.74, 6) is 2.01. The molecule has 0 saturated heterocycles. The topological polar surface area (TPSA) is 68.2 Å². The van der Waals surface area contributed by atoms with Gasteiger partial charge in [0.05, 0.1) is 23.8 Å². The molecule has 0 aliphatic carbocycles. The fraction of sp³-hybridized carbons (Fsp3) is 0.200. The van der Waals surface area contributed by atoms with Gasteiger partial charge in [-0.2, -0.15) is 0 Å². The normalized spacial score (nSPS) is 10.8.